The summed E-state index contributed by atoms with van der Waals surface area (Å²) in [6.07, 6.45) is 5.75. The Labute approximate surface area is 159 Å². The third-order valence-electron chi connectivity index (χ3n) is 4.71. The summed E-state index contributed by atoms with van der Waals surface area (Å²) < 4.78 is 14.9. The van der Waals surface area contributed by atoms with Crippen molar-refractivity contribution in [1.82, 2.24) is 19.9 Å². The van der Waals surface area contributed by atoms with Crippen molar-refractivity contribution in [3.63, 3.8) is 0 Å². The van der Waals surface area contributed by atoms with Crippen molar-refractivity contribution in [2.24, 2.45) is 0 Å². The van der Waals surface area contributed by atoms with Gasteiger partial charge in [0.25, 0.3) is 0 Å². The van der Waals surface area contributed by atoms with E-state index in [9.17, 15) is 4.39 Å². The molecule has 0 aliphatic carbocycles. The number of anilines is 1. The molecule has 5 nitrogen and oxygen atoms in total. The zero-order valence-electron chi connectivity index (χ0n) is 14.5. The van der Waals surface area contributed by atoms with Crippen LogP contribution in [0.4, 0.5) is 10.2 Å². The summed E-state index contributed by atoms with van der Waals surface area (Å²) in [6, 6.07) is 11.2. The van der Waals surface area contributed by atoms with Gasteiger partial charge in [-0.25, -0.2) is 19.9 Å². The van der Waals surface area contributed by atoms with Gasteiger partial charge in [-0.2, -0.15) is 4.39 Å². The minimum Gasteiger partial charge on any atom is -0.357 e. The van der Waals surface area contributed by atoms with Crippen LogP contribution in [0.3, 0.4) is 0 Å². The van der Waals surface area contributed by atoms with Crippen molar-refractivity contribution < 1.29 is 4.39 Å². The fraction of sp³-hybridized carbons (Fsp3) is 0.200. The number of pyridine rings is 3. The Morgan fingerprint density at radius 2 is 1.85 bits per heavy atom. The maximum atomic E-state index is 13.9. The Morgan fingerprint density at radius 3 is 2.63 bits per heavy atom. The van der Waals surface area contributed by atoms with E-state index in [1.54, 1.807) is 29.5 Å². The fourth-order valence-corrected chi connectivity index (χ4v) is 4.21. The van der Waals surface area contributed by atoms with Gasteiger partial charge in [0.2, 0.25) is 5.95 Å². The van der Waals surface area contributed by atoms with Gasteiger partial charge in [-0.1, -0.05) is 0 Å². The number of aromatic nitrogens is 4. The summed E-state index contributed by atoms with van der Waals surface area (Å²) in [7, 11) is 0. The molecule has 1 saturated heterocycles. The molecule has 1 aliphatic heterocycles. The summed E-state index contributed by atoms with van der Waals surface area (Å²) in [5.74, 6) is 0.492. The van der Waals surface area contributed by atoms with Gasteiger partial charge in [-0.3, -0.25) is 0 Å². The van der Waals surface area contributed by atoms with Crippen LogP contribution in [0.15, 0.2) is 48.8 Å². The highest BCUT2D eigenvalue weighted by atomic mass is 32.1. The van der Waals surface area contributed by atoms with Crippen LogP contribution in [-0.2, 0) is 0 Å². The number of halogens is 1. The Morgan fingerprint density at radius 1 is 0.963 bits per heavy atom. The highest BCUT2D eigenvalue weighted by Gasteiger charge is 2.15. The van der Waals surface area contributed by atoms with Gasteiger partial charge in [-0.15, -0.1) is 11.3 Å². The van der Waals surface area contributed by atoms with Crippen LogP contribution < -0.4 is 4.90 Å². The van der Waals surface area contributed by atoms with Crippen LogP contribution in [-0.4, -0.2) is 33.0 Å². The second-order valence-corrected chi connectivity index (χ2v) is 7.51. The number of fused-ring (bicyclic) bond motifs is 1. The molecule has 1 aliphatic rings. The maximum absolute atomic E-state index is 13.9. The Hall–Kier alpha value is -2.93. The first-order chi connectivity index (χ1) is 13.3. The van der Waals surface area contributed by atoms with Gasteiger partial charge in [0.15, 0.2) is 5.65 Å². The molecular weight excluding hydrogens is 361 g/mol. The average molecular weight is 377 g/mol. The van der Waals surface area contributed by atoms with Gasteiger partial charge < -0.3 is 4.90 Å². The smallest absolute Gasteiger partial charge is 0.222 e. The van der Waals surface area contributed by atoms with E-state index in [1.165, 1.54) is 19.0 Å². The van der Waals surface area contributed by atoms with Gasteiger partial charge in [0.05, 0.1) is 16.0 Å². The molecule has 5 rings (SSSR count). The number of hydrogen-bond acceptors (Lipinski definition) is 6. The van der Waals surface area contributed by atoms with Gasteiger partial charge in [-0.05, 0) is 49.2 Å². The first kappa shape index (κ1) is 16.3. The predicted octanol–water partition coefficient (Wildman–Crippen LogP) is 4.55. The molecule has 0 spiro atoms. The normalized spacial score (nSPS) is 14.2. The lowest BCUT2D eigenvalue weighted by atomic mass is 10.2. The molecule has 0 bridgehead atoms. The predicted molar refractivity (Wildman–Crippen MR) is 105 cm³/mol. The van der Waals surface area contributed by atoms with E-state index in [0.29, 0.717) is 16.9 Å². The van der Waals surface area contributed by atoms with Gasteiger partial charge >= 0.3 is 0 Å². The molecule has 1 fully saturated rings. The second kappa shape index (κ2) is 6.66. The Kier molecular flexibility index (Phi) is 4.01. The lowest BCUT2D eigenvalue weighted by molar-refractivity contribution is 0.587. The monoisotopic (exact) mass is 377 g/mol. The van der Waals surface area contributed by atoms with Crippen LogP contribution in [0.25, 0.3) is 32.2 Å². The number of hydrogen-bond donors (Lipinski definition) is 0. The number of thiazole rings is 1. The largest absolute Gasteiger partial charge is 0.357 e. The molecule has 0 unspecified atom stereocenters. The first-order valence-electron chi connectivity index (χ1n) is 8.88. The molecular formula is C20H16FN5S. The maximum Gasteiger partial charge on any atom is 0.222 e. The van der Waals surface area contributed by atoms with Crippen molar-refractivity contribution in [3.8, 4) is 21.8 Å². The number of nitrogens with zero attached hydrogens (tertiary/aromatic N) is 5. The number of rotatable bonds is 3. The quantitative estimate of drug-likeness (QED) is 0.490. The molecule has 27 heavy (non-hydrogen) atoms. The van der Waals surface area contributed by atoms with Crippen LogP contribution in [0, 0.1) is 5.95 Å². The van der Waals surface area contributed by atoms with E-state index in [-0.39, 0.29) is 0 Å². The molecule has 0 saturated carbocycles. The van der Waals surface area contributed by atoms with Crippen LogP contribution in [0.5, 0.6) is 0 Å². The molecule has 0 amide bonds. The van der Waals surface area contributed by atoms with E-state index >= 15 is 0 Å². The summed E-state index contributed by atoms with van der Waals surface area (Å²) in [5, 5.41) is 0.863. The van der Waals surface area contributed by atoms with Crippen molar-refractivity contribution in [1.29, 1.82) is 0 Å². The molecule has 5 heterocycles. The molecule has 7 heteroatoms. The molecule has 4 aromatic rings. The van der Waals surface area contributed by atoms with Crippen LogP contribution in [0.2, 0.25) is 0 Å². The minimum absolute atomic E-state index is 0.380. The highest BCUT2D eigenvalue weighted by Crippen LogP contribution is 2.31. The van der Waals surface area contributed by atoms with Crippen LogP contribution >= 0.6 is 11.3 Å². The van der Waals surface area contributed by atoms with E-state index in [2.05, 4.69) is 37.0 Å². The highest BCUT2D eigenvalue weighted by molar-refractivity contribution is 7.21. The molecule has 0 atom stereocenters. The molecule has 0 radical (unpaired) electrons. The Balaban J connectivity index is 1.48. The summed E-state index contributed by atoms with van der Waals surface area (Å²) in [5.41, 5.74) is 2.49. The minimum atomic E-state index is -0.526. The van der Waals surface area contributed by atoms with E-state index < -0.39 is 5.95 Å². The molecule has 4 aromatic heterocycles. The summed E-state index contributed by atoms with van der Waals surface area (Å²) in [6.45, 7) is 2.15. The standard InChI is InChI=1S/C20H16FN5S/c21-18-14(4-3-9-22-18)15-6-7-16-19(24-15)25-20(27-16)13-5-8-17(23-12-13)26-10-1-2-11-26/h3-9,12H,1-2,10-11H2. The second-order valence-electron chi connectivity index (χ2n) is 6.48. The zero-order valence-corrected chi connectivity index (χ0v) is 15.3. The molecule has 0 aromatic carbocycles. The topological polar surface area (TPSA) is 54.8 Å². The summed E-state index contributed by atoms with van der Waals surface area (Å²) in [4.78, 5) is 19.8. The third kappa shape index (κ3) is 3.04. The first-order valence-corrected chi connectivity index (χ1v) is 9.69. The average Bonchev–Trinajstić information content (AvgIpc) is 3.38. The van der Waals surface area contributed by atoms with Crippen molar-refractivity contribution in [3.05, 3.63) is 54.7 Å². The van der Waals surface area contributed by atoms with Crippen LogP contribution in [0.1, 0.15) is 12.8 Å². The zero-order chi connectivity index (χ0) is 18.2. The van der Waals surface area contributed by atoms with E-state index in [4.69, 9.17) is 0 Å². The molecule has 0 N–H and O–H groups in total. The third-order valence-corrected chi connectivity index (χ3v) is 5.77. The van der Waals surface area contributed by atoms with Gasteiger partial charge in [0, 0.05) is 31.0 Å². The lowest BCUT2D eigenvalue weighted by Crippen LogP contribution is -2.18. The van der Waals surface area contributed by atoms with E-state index in [0.717, 1.165) is 34.2 Å². The van der Waals surface area contributed by atoms with Gasteiger partial charge in [0.1, 0.15) is 10.8 Å². The SMILES string of the molecule is Fc1ncccc1-c1ccc2sc(-c3ccc(N4CCCC4)nc3)nc2n1. The molecule has 134 valence electrons. The fourth-order valence-electron chi connectivity index (χ4n) is 3.31. The Bertz CT molecular complexity index is 1100. The van der Waals surface area contributed by atoms with Crippen molar-refractivity contribution in [2.45, 2.75) is 12.8 Å². The van der Waals surface area contributed by atoms with Crippen molar-refractivity contribution in [2.75, 3.05) is 18.0 Å². The van der Waals surface area contributed by atoms with Crippen molar-refractivity contribution >= 4 is 27.5 Å². The summed E-state index contributed by atoms with van der Waals surface area (Å²) >= 11 is 1.56. The van der Waals surface area contributed by atoms with E-state index in [1.807, 2.05) is 12.3 Å². The lowest BCUT2D eigenvalue weighted by Gasteiger charge is -2.15.